The minimum absolute atomic E-state index is 0.00265. The van der Waals surface area contributed by atoms with E-state index in [1.807, 2.05) is 11.0 Å². The number of esters is 1. The first-order valence-corrected chi connectivity index (χ1v) is 12.2. The van der Waals surface area contributed by atoms with Crippen LogP contribution in [0.15, 0.2) is 42.1 Å². The SMILES string of the molecule is COC(=O)Cn1ccc(C=C2CN(C(C(=O)C3CC3)c3ccccc3F)CCC2SC(C)=O)n1. The number of benzene rings is 1. The number of hydrogen-bond acceptors (Lipinski definition) is 7. The molecule has 2 aliphatic rings. The van der Waals surface area contributed by atoms with E-state index in [0.29, 0.717) is 30.8 Å². The number of thioether (sulfide) groups is 1. The molecule has 0 N–H and O–H groups in total. The topological polar surface area (TPSA) is 81.5 Å². The number of likely N-dealkylation sites (tertiary alicyclic amines) is 1. The van der Waals surface area contributed by atoms with Crippen LogP contribution in [-0.2, 0) is 25.7 Å². The van der Waals surface area contributed by atoms with Gasteiger partial charge in [0.05, 0.1) is 18.8 Å². The molecule has 2 unspecified atom stereocenters. The molecule has 7 nitrogen and oxygen atoms in total. The van der Waals surface area contributed by atoms with Gasteiger partial charge in [0.25, 0.3) is 0 Å². The Bertz CT molecular complexity index is 1110. The summed E-state index contributed by atoms with van der Waals surface area (Å²) in [7, 11) is 1.32. The maximum Gasteiger partial charge on any atom is 0.327 e. The first-order chi connectivity index (χ1) is 16.4. The van der Waals surface area contributed by atoms with Crippen LogP contribution in [0.1, 0.15) is 43.5 Å². The summed E-state index contributed by atoms with van der Waals surface area (Å²) in [4.78, 5) is 38.7. The van der Waals surface area contributed by atoms with Crippen LogP contribution >= 0.6 is 11.8 Å². The Morgan fingerprint density at radius 3 is 2.68 bits per heavy atom. The van der Waals surface area contributed by atoms with Crippen molar-refractivity contribution in [3.05, 3.63) is 59.2 Å². The minimum Gasteiger partial charge on any atom is -0.468 e. The number of Topliss-reactive ketones (excluding diaryl/α,β-unsaturated/α-hetero) is 1. The number of hydrogen-bond donors (Lipinski definition) is 0. The molecule has 1 aromatic carbocycles. The number of carbonyl (C=O) groups excluding carboxylic acids is 3. The van der Waals surface area contributed by atoms with Gasteiger partial charge in [-0.15, -0.1) is 0 Å². The summed E-state index contributed by atoms with van der Waals surface area (Å²) >= 11 is 1.26. The lowest BCUT2D eigenvalue weighted by Crippen LogP contribution is -2.43. The van der Waals surface area contributed by atoms with E-state index in [1.165, 1.54) is 29.6 Å². The number of nitrogens with zero attached hydrogens (tertiary/aromatic N) is 3. The predicted octanol–water partition coefficient (Wildman–Crippen LogP) is 3.65. The van der Waals surface area contributed by atoms with Crippen LogP contribution in [0.4, 0.5) is 4.39 Å². The Hall–Kier alpha value is -2.78. The van der Waals surface area contributed by atoms with Crippen LogP contribution in [0, 0.1) is 11.7 Å². The third-order valence-corrected chi connectivity index (χ3v) is 7.27. The fourth-order valence-corrected chi connectivity index (χ4v) is 5.24. The van der Waals surface area contributed by atoms with Crippen LogP contribution in [0.5, 0.6) is 0 Å². The molecule has 0 amide bonds. The number of aromatic nitrogens is 2. The van der Waals surface area contributed by atoms with Crippen molar-refractivity contribution in [3.8, 4) is 0 Å². The first-order valence-electron chi connectivity index (χ1n) is 11.4. The lowest BCUT2D eigenvalue weighted by molar-refractivity contribution is -0.141. The molecular formula is C25H28FN3O4S. The lowest BCUT2D eigenvalue weighted by Gasteiger charge is -2.38. The van der Waals surface area contributed by atoms with Gasteiger partial charge in [0.15, 0.2) is 10.9 Å². The monoisotopic (exact) mass is 485 g/mol. The number of piperidine rings is 1. The molecule has 1 saturated carbocycles. The van der Waals surface area contributed by atoms with Crippen molar-refractivity contribution in [3.63, 3.8) is 0 Å². The Morgan fingerprint density at radius 2 is 2.00 bits per heavy atom. The van der Waals surface area contributed by atoms with Crippen LogP contribution in [0.25, 0.3) is 6.08 Å². The van der Waals surface area contributed by atoms with E-state index in [0.717, 1.165) is 18.4 Å². The van der Waals surface area contributed by atoms with Gasteiger partial charge in [-0.25, -0.2) is 4.39 Å². The molecule has 180 valence electrons. The van der Waals surface area contributed by atoms with Crippen molar-refractivity contribution in [1.29, 1.82) is 0 Å². The highest BCUT2D eigenvalue weighted by Gasteiger charge is 2.41. The maximum absolute atomic E-state index is 14.8. The van der Waals surface area contributed by atoms with Gasteiger partial charge in [0.2, 0.25) is 0 Å². The molecule has 1 aromatic heterocycles. The van der Waals surface area contributed by atoms with Crippen LogP contribution < -0.4 is 0 Å². The number of methoxy groups -OCH3 is 1. The van der Waals surface area contributed by atoms with Gasteiger partial charge in [-0.3, -0.25) is 24.0 Å². The van der Waals surface area contributed by atoms with Crippen LogP contribution in [0.3, 0.4) is 0 Å². The summed E-state index contributed by atoms with van der Waals surface area (Å²) in [6, 6.07) is 7.60. The molecule has 2 aromatic rings. The molecule has 2 heterocycles. The van der Waals surface area contributed by atoms with E-state index in [2.05, 4.69) is 9.84 Å². The van der Waals surface area contributed by atoms with Gasteiger partial charge < -0.3 is 4.74 Å². The predicted molar refractivity (Wildman–Crippen MR) is 127 cm³/mol. The Morgan fingerprint density at radius 1 is 1.24 bits per heavy atom. The summed E-state index contributed by atoms with van der Waals surface area (Å²) in [5.41, 5.74) is 1.99. The number of ether oxygens (including phenoxy) is 1. The zero-order chi connectivity index (χ0) is 24.2. The average Bonchev–Trinajstić information content (AvgIpc) is 3.57. The van der Waals surface area contributed by atoms with Crippen molar-refractivity contribution in [2.75, 3.05) is 20.2 Å². The van der Waals surface area contributed by atoms with Crippen molar-refractivity contribution in [2.24, 2.45) is 5.92 Å². The summed E-state index contributed by atoms with van der Waals surface area (Å²) < 4.78 is 21.0. The zero-order valence-electron chi connectivity index (χ0n) is 19.3. The van der Waals surface area contributed by atoms with Crippen LogP contribution in [0.2, 0.25) is 0 Å². The smallest absolute Gasteiger partial charge is 0.327 e. The second-order valence-electron chi connectivity index (χ2n) is 8.69. The molecule has 1 aliphatic heterocycles. The second-order valence-corrected chi connectivity index (χ2v) is 10.1. The highest BCUT2D eigenvalue weighted by molar-refractivity contribution is 8.14. The third kappa shape index (κ3) is 5.82. The average molecular weight is 486 g/mol. The normalized spacial score (nSPS) is 20.8. The number of carbonyl (C=O) groups is 3. The Balaban J connectivity index is 1.63. The highest BCUT2D eigenvalue weighted by atomic mass is 32.2. The number of ketones is 1. The third-order valence-electron chi connectivity index (χ3n) is 6.11. The molecule has 34 heavy (non-hydrogen) atoms. The van der Waals surface area contributed by atoms with E-state index in [-0.39, 0.29) is 34.4 Å². The number of halogens is 1. The largest absolute Gasteiger partial charge is 0.468 e. The number of rotatable bonds is 8. The molecule has 2 atom stereocenters. The van der Waals surface area contributed by atoms with Gasteiger partial charge in [-0.05, 0) is 43.0 Å². The summed E-state index contributed by atoms with van der Waals surface area (Å²) in [5.74, 6) is -0.740. The second kappa shape index (κ2) is 10.7. The molecule has 1 saturated heterocycles. The zero-order valence-corrected chi connectivity index (χ0v) is 20.1. The summed E-state index contributed by atoms with van der Waals surface area (Å²) in [6.07, 6.45) is 5.94. The standard InChI is InChI=1S/C25H28FN3O4S/c1-16(30)34-22-10-11-28(14-18(22)13-19-9-12-29(27-19)15-23(31)33-2)24(25(32)17-7-8-17)20-5-3-4-6-21(20)26/h3-6,9,12-13,17,22,24H,7-8,10-11,14-15H2,1-2H3. The molecule has 2 fully saturated rings. The van der Waals surface area contributed by atoms with Crippen molar-refractivity contribution < 1.29 is 23.5 Å². The van der Waals surface area contributed by atoms with Gasteiger partial charge in [0.1, 0.15) is 12.4 Å². The molecule has 1 aliphatic carbocycles. The van der Waals surface area contributed by atoms with Crippen molar-refractivity contribution in [1.82, 2.24) is 14.7 Å². The summed E-state index contributed by atoms with van der Waals surface area (Å²) in [5, 5.41) is 4.38. The summed E-state index contributed by atoms with van der Waals surface area (Å²) in [6.45, 7) is 2.55. The highest BCUT2D eigenvalue weighted by Crippen LogP contribution is 2.40. The maximum atomic E-state index is 14.8. The van der Waals surface area contributed by atoms with Gasteiger partial charge >= 0.3 is 5.97 Å². The first kappa shape index (κ1) is 24.3. The van der Waals surface area contributed by atoms with Gasteiger partial charge in [-0.2, -0.15) is 5.10 Å². The van der Waals surface area contributed by atoms with E-state index in [4.69, 9.17) is 0 Å². The fraction of sp³-hybridized carbons (Fsp3) is 0.440. The molecule has 0 bridgehead atoms. The molecule has 4 rings (SSSR count). The van der Waals surface area contributed by atoms with E-state index in [9.17, 15) is 18.8 Å². The lowest BCUT2D eigenvalue weighted by atomic mass is 9.93. The van der Waals surface area contributed by atoms with E-state index < -0.39 is 12.0 Å². The molecule has 0 radical (unpaired) electrons. The Kier molecular flexibility index (Phi) is 7.63. The van der Waals surface area contributed by atoms with Crippen molar-refractivity contribution >= 4 is 34.7 Å². The van der Waals surface area contributed by atoms with Crippen LogP contribution in [-0.4, -0.2) is 57.0 Å². The minimum atomic E-state index is -0.655. The van der Waals surface area contributed by atoms with E-state index >= 15 is 0 Å². The van der Waals surface area contributed by atoms with E-state index in [1.54, 1.807) is 37.4 Å². The Labute approximate surface area is 202 Å². The molecular weight excluding hydrogens is 457 g/mol. The fourth-order valence-electron chi connectivity index (χ4n) is 4.32. The van der Waals surface area contributed by atoms with Gasteiger partial charge in [0, 0.05) is 42.9 Å². The quantitative estimate of drug-likeness (QED) is 0.528. The molecule has 0 spiro atoms. The van der Waals surface area contributed by atoms with Gasteiger partial charge in [-0.1, -0.05) is 30.0 Å². The van der Waals surface area contributed by atoms with Crippen molar-refractivity contribution in [2.45, 2.75) is 44.0 Å². The molecule has 9 heteroatoms.